The molecule has 0 aliphatic heterocycles. The van der Waals surface area contributed by atoms with Crippen LogP contribution in [0.25, 0.3) is 0 Å². The Morgan fingerprint density at radius 2 is 1.89 bits per heavy atom. The number of amides is 1. The highest BCUT2D eigenvalue weighted by Gasteiger charge is 2.17. The van der Waals surface area contributed by atoms with E-state index in [1.165, 1.54) is 4.31 Å². The molecule has 7 heteroatoms. The van der Waals surface area contributed by atoms with Gasteiger partial charge < -0.3 is 5.32 Å². The van der Waals surface area contributed by atoms with Gasteiger partial charge in [0.05, 0.1) is 24.4 Å². The van der Waals surface area contributed by atoms with Crippen molar-refractivity contribution in [1.82, 2.24) is 0 Å². The molecule has 0 fully saturated rings. The second-order valence-electron chi connectivity index (χ2n) is 6.36. The van der Waals surface area contributed by atoms with Gasteiger partial charge in [-0.25, -0.2) is 8.42 Å². The van der Waals surface area contributed by atoms with Crippen molar-refractivity contribution in [2.24, 2.45) is 0 Å². The summed E-state index contributed by atoms with van der Waals surface area (Å²) >= 11 is 0. The van der Waals surface area contributed by atoms with Crippen molar-refractivity contribution in [3.05, 3.63) is 59.7 Å². The predicted octanol–water partition coefficient (Wildman–Crippen LogP) is 3.25. The molecule has 0 saturated carbocycles. The van der Waals surface area contributed by atoms with Crippen LogP contribution in [-0.4, -0.2) is 27.1 Å². The maximum atomic E-state index is 12.1. The van der Waals surface area contributed by atoms with Gasteiger partial charge in [0.2, 0.25) is 15.9 Å². The zero-order valence-corrected chi connectivity index (χ0v) is 16.3. The van der Waals surface area contributed by atoms with Gasteiger partial charge in [-0.3, -0.25) is 9.10 Å². The van der Waals surface area contributed by atoms with E-state index in [9.17, 15) is 13.2 Å². The molecule has 0 spiro atoms. The molecule has 27 heavy (non-hydrogen) atoms. The third-order valence-electron chi connectivity index (χ3n) is 3.98. The van der Waals surface area contributed by atoms with E-state index in [1.54, 1.807) is 30.3 Å². The maximum absolute atomic E-state index is 12.1. The smallest absolute Gasteiger partial charge is 0.232 e. The molecule has 2 aromatic rings. The van der Waals surface area contributed by atoms with Crippen LogP contribution in [0.4, 0.5) is 11.4 Å². The molecular formula is C20H23N3O3S. The van der Waals surface area contributed by atoms with E-state index in [2.05, 4.69) is 11.4 Å². The number of nitrogens with one attached hydrogen (secondary N) is 1. The second-order valence-corrected chi connectivity index (χ2v) is 8.26. The number of sulfonamides is 1. The molecule has 0 unspecified atom stereocenters. The number of hydrogen-bond donors (Lipinski definition) is 1. The van der Waals surface area contributed by atoms with Crippen molar-refractivity contribution >= 4 is 27.3 Å². The first-order valence-electron chi connectivity index (χ1n) is 8.60. The summed E-state index contributed by atoms with van der Waals surface area (Å²) in [5.74, 6) is -0.180. The maximum Gasteiger partial charge on any atom is 0.232 e. The Bertz CT molecular complexity index is 932. The average molecular weight is 385 g/mol. The zero-order valence-electron chi connectivity index (χ0n) is 15.5. The fourth-order valence-electron chi connectivity index (χ4n) is 2.67. The molecule has 6 nitrogen and oxygen atoms in total. The summed E-state index contributed by atoms with van der Waals surface area (Å²) < 4.78 is 25.5. The van der Waals surface area contributed by atoms with Crippen LogP contribution < -0.4 is 9.62 Å². The largest absolute Gasteiger partial charge is 0.326 e. The molecule has 0 saturated heterocycles. The lowest BCUT2D eigenvalue weighted by Gasteiger charge is -2.22. The molecule has 0 heterocycles. The van der Waals surface area contributed by atoms with Gasteiger partial charge in [0.15, 0.2) is 0 Å². The summed E-state index contributed by atoms with van der Waals surface area (Å²) in [6.45, 7) is 2.14. The standard InChI is InChI=1S/C20H23N3O3S/c1-16-5-3-6-19(15-16)23(27(2,25)26)14-4-7-20(24)22-18-10-8-17(9-11-18)12-13-21/h3,5-6,8-11,15H,4,7,12,14H2,1-2H3,(H,22,24). The third-order valence-corrected chi connectivity index (χ3v) is 5.17. The molecule has 0 bridgehead atoms. The Morgan fingerprint density at radius 1 is 1.19 bits per heavy atom. The van der Waals surface area contributed by atoms with Gasteiger partial charge in [0.1, 0.15) is 0 Å². The van der Waals surface area contributed by atoms with E-state index in [4.69, 9.17) is 5.26 Å². The summed E-state index contributed by atoms with van der Waals surface area (Å²) in [4.78, 5) is 12.1. The van der Waals surface area contributed by atoms with Crippen LogP contribution in [0.2, 0.25) is 0 Å². The van der Waals surface area contributed by atoms with Crippen molar-refractivity contribution in [3.63, 3.8) is 0 Å². The minimum Gasteiger partial charge on any atom is -0.326 e. The van der Waals surface area contributed by atoms with Crippen LogP contribution in [0.15, 0.2) is 48.5 Å². The number of carbonyl (C=O) groups excluding carboxylic acids is 1. The number of nitrogens with zero attached hydrogens (tertiary/aromatic N) is 2. The highest BCUT2D eigenvalue weighted by atomic mass is 32.2. The van der Waals surface area contributed by atoms with Crippen LogP contribution in [-0.2, 0) is 21.2 Å². The lowest BCUT2D eigenvalue weighted by Crippen LogP contribution is -2.31. The number of rotatable bonds is 8. The Balaban J connectivity index is 1.92. The summed E-state index contributed by atoms with van der Waals surface area (Å²) in [5.41, 5.74) is 3.11. The first-order valence-corrected chi connectivity index (χ1v) is 10.4. The molecule has 1 N–H and O–H groups in total. The Labute approximate surface area is 160 Å². The Hall–Kier alpha value is -2.85. The van der Waals surface area contributed by atoms with Gasteiger partial charge in [-0.1, -0.05) is 24.3 Å². The first kappa shape index (κ1) is 20.5. The number of benzene rings is 2. The van der Waals surface area contributed by atoms with Crippen LogP contribution in [0.1, 0.15) is 24.0 Å². The van der Waals surface area contributed by atoms with Crippen molar-refractivity contribution in [1.29, 1.82) is 5.26 Å². The van der Waals surface area contributed by atoms with E-state index in [0.29, 0.717) is 24.2 Å². The van der Waals surface area contributed by atoms with E-state index >= 15 is 0 Å². The molecule has 0 aromatic heterocycles. The SMILES string of the molecule is Cc1cccc(N(CCCC(=O)Nc2ccc(CC#N)cc2)S(C)(=O)=O)c1. The summed E-state index contributed by atoms with van der Waals surface area (Å²) in [6, 6.07) is 16.4. The summed E-state index contributed by atoms with van der Waals surface area (Å²) in [5, 5.41) is 11.4. The van der Waals surface area contributed by atoms with E-state index < -0.39 is 10.0 Å². The normalized spacial score (nSPS) is 10.9. The lowest BCUT2D eigenvalue weighted by molar-refractivity contribution is -0.116. The summed E-state index contributed by atoms with van der Waals surface area (Å²) in [7, 11) is -3.43. The number of anilines is 2. The second kappa shape index (κ2) is 9.19. The fourth-order valence-corrected chi connectivity index (χ4v) is 3.63. The van der Waals surface area contributed by atoms with Gasteiger partial charge in [0, 0.05) is 18.7 Å². The topological polar surface area (TPSA) is 90.3 Å². The van der Waals surface area contributed by atoms with Crippen molar-refractivity contribution in [3.8, 4) is 6.07 Å². The molecule has 2 aromatic carbocycles. The lowest BCUT2D eigenvalue weighted by atomic mass is 10.1. The number of carbonyl (C=O) groups is 1. The van der Waals surface area contributed by atoms with E-state index in [1.807, 2.05) is 25.1 Å². The average Bonchev–Trinajstić information content (AvgIpc) is 2.59. The van der Waals surface area contributed by atoms with Gasteiger partial charge >= 0.3 is 0 Å². The monoisotopic (exact) mass is 385 g/mol. The zero-order chi connectivity index (χ0) is 19.9. The number of nitriles is 1. The highest BCUT2D eigenvalue weighted by molar-refractivity contribution is 7.92. The molecule has 1 amide bonds. The van der Waals surface area contributed by atoms with Crippen molar-refractivity contribution in [2.45, 2.75) is 26.2 Å². The van der Waals surface area contributed by atoms with Gasteiger partial charge in [-0.15, -0.1) is 0 Å². The summed E-state index contributed by atoms with van der Waals surface area (Å²) in [6.07, 6.45) is 2.10. The third kappa shape index (κ3) is 6.42. The minimum atomic E-state index is -3.43. The van der Waals surface area contributed by atoms with Gasteiger partial charge in [-0.05, 0) is 48.7 Å². The van der Waals surface area contributed by atoms with Gasteiger partial charge in [0.25, 0.3) is 0 Å². The highest BCUT2D eigenvalue weighted by Crippen LogP contribution is 2.19. The Morgan fingerprint density at radius 3 is 2.48 bits per heavy atom. The van der Waals surface area contributed by atoms with Crippen LogP contribution in [0.5, 0.6) is 0 Å². The van der Waals surface area contributed by atoms with E-state index in [-0.39, 0.29) is 18.9 Å². The van der Waals surface area contributed by atoms with Crippen LogP contribution in [0, 0.1) is 18.3 Å². The van der Waals surface area contributed by atoms with Crippen molar-refractivity contribution < 1.29 is 13.2 Å². The molecular weight excluding hydrogens is 362 g/mol. The van der Waals surface area contributed by atoms with Crippen LogP contribution in [0.3, 0.4) is 0 Å². The predicted molar refractivity (Wildman–Crippen MR) is 107 cm³/mol. The van der Waals surface area contributed by atoms with E-state index in [0.717, 1.165) is 17.4 Å². The van der Waals surface area contributed by atoms with Gasteiger partial charge in [-0.2, -0.15) is 5.26 Å². The molecule has 0 radical (unpaired) electrons. The Kier molecular flexibility index (Phi) is 6.97. The first-order chi connectivity index (χ1) is 12.8. The van der Waals surface area contributed by atoms with Crippen LogP contribution >= 0.6 is 0 Å². The quantitative estimate of drug-likeness (QED) is 0.755. The van der Waals surface area contributed by atoms with Crippen molar-refractivity contribution in [2.75, 3.05) is 22.4 Å². The minimum absolute atomic E-state index is 0.180. The molecule has 142 valence electrons. The molecule has 0 aliphatic rings. The number of hydrogen-bond acceptors (Lipinski definition) is 4. The molecule has 0 atom stereocenters. The number of aryl methyl sites for hydroxylation is 1. The fraction of sp³-hybridized carbons (Fsp3) is 0.300. The molecule has 2 rings (SSSR count). The molecule has 0 aliphatic carbocycles.